The van der Waals surface area contributed by atoms with Gasteiger partial charge < -0.3 is 9.15 Å². The lowest BCUT2D eigenvalue weighted by molar-refractivity contribution is 0.422. The molecule has 2 aromatic heterocycles. The van der Waals surface area contributed by atoms with Gasteiger partial charge in [0.1, 0.15) is 17.0 Å². The van der Waals surface area contributed by atoms with Crippen LogP contribution in [-0.2, 0) is 18.0 Å². The van der Waals surface area contributed by atoms with Gasteiger partial charge >= 0.3 is 17.2 Å². The number of hydrogen-bond acceptors (Lipinski definition) is 7. The number of rotatable bonds is 9. The maximum atomic E-state index is 15.2. The molecular formula is C26H26F2N3O4S+. The lowest BCUT2D eigenvalue weighted by Crippen LogP contribution is -2.33. The first-order chi connectivity index (χ1) is 17.2. The Hall–Kier alpha value is -3.47. The monoisotopic (exact) mass is 514 g/mol. The van der Waals surface area contributed by atoms with Crippen LogP contribution in [0.2, 0.25) is 0 Å². The first-order valence-electron chi connectivity index (χ1n) is 11.3. The van der Waals surface area contributed by atoms with E-state index in [0.29, 0.717) is 29.0 Å². The minimum Gasteiger partial charge on any atom is -0.436 e. The summed E-state index contributed by atoms with van der Waals surface area (Å²) < 4.78 is 55.8. The number of hydrogen-bond donors (Lipinski definition) is 3. The highest BCUT2D eigenvalue weighted by atomic mass is 32.2. The number of pyridine rings is 1. The smallest absolute Gasteiger partial charge is 0.365 e. The Bertz CT molecular complexity index is 1440. The second-order valence-electron chi connectivity index (χ2n) is 8.63. The maximum Gasteiger partial charge on any atom is 0.365 e. The van der Waals surface area contributed by atoms with Gasteiger partial charge in [-0.2, -0.15) is 4.72 Å². The van der Waals surface area contributed by atoms with Crippen molar-refractivity contribution in [3.05, 3.63) is 93.5 Å². The molecule has 7 nitrogen and oxygen atoms in total. The van der Waals surface area contributed by atoms with E-state index in [9.17, 15) is 13.7 Å². The molecule has 0 radical (unpaired) electrons. The number of nitrogens with zero attached hydrogens (tertiary/aromatic N) is 1. The van der Waals surface area contributed by atoms with Crippen molar-refractivity contribution < 1.29 is 22.5 Å². The van der Waals surface area contributed by atoms with E-state index in [2.05, 4.69) is 14.4 Å². The van der Waals surface area contributed by atoms with Gasteiger partial charge in [0.15, 0.2) is 11.6 Å². The van der Waals surface area contributed by atoms with E-state index >= 15 is 4.39 Å². The molecule has 0 bridgehead atoms. The quantitative estimate of drug-likeness (QED) is 0.194. The number of ether oxygens (including phenoxy) is 1. The van der Waals surface area contributed by atoms with Gasteiger partial charge in [-0.25, -0.2) is 18.6 Å². The van der Waals surface area contributed by atoms with Crippen molar-refractivity contribution in [2.75, 3.05) is 11.3 Å². The van der Waals surface area contributed by atoms with E-state index in [0.717, 1.165) is 0 Å². The summed E-state index contributed by atoms with van der Waals surface area (Å²) in [7, 11) is 0. The number of fused-ring (bicyclic) bond motifs is 1. The summed E-state index contributed by atoms with van der Waals surface area (Å²) in [6.45, 7) is 6.32. The molecule has 2 heterocycles. The fraction of sp³-hybridized carbons (Fsp3) is 0.231. The van der Waals surface area contributed by atoms with Crippen LogP contribution in [0.15, 0.2) is 63.9 Å². The maximum absolute atomic E-state index is 15.2. The predicted octanol–water partition coefficient (Wildman–Crippen LogP) is 5.74. The Morgan fingerprint density at radius 1 is 1.17 bits per heavy atom. The number of nitrogens with one attached hydrogen (secondary N) is 2. The SMILES string of the molecule is Cc1c(Cc2cccc(N[S+](O)NCC(C)C)c2F)c(=O)oc2cc(Oc3ncccc3F)ccc12. The molecule has 0 saturated carbocycles. The largest absolute Gasteiger partial charge is 0.436 e. The first-order valence-corrected chi connectivity index (χ1v) is 12.5. The third kappa shape index (κ3) is 5.84. The summed E-state index contributed by atoms with van der Waals surface area (Å²) in [5, 5.41) is 0.642. The summed E-state index contributed by atoms with van der Waals surface area (Å²) in [4.78, 5) is 16.7. The molecule has 0 fully saturated rings. The molecule has 0 aliphatic carbocycles. The van der Waals surface area contributed by atoms with Gasteiger partial charge in [0.25, 0.3) is 5.88 Å². The van der Waals surface area contributed by atoms with Gasteiger partial charge in [-0.3, -0.25) is 0 Å². The van der Waals surface area contributed by atoms with Gasteiger partial charge in [-0.05, 0) is 54.3 Å². The Morgan fingerprint density at radius 3 is 2.72 bits per heavy atom. The van der Waals surface area contributed by atoms with Crippen LogP contribution in [0.25, 0.3) is 11.0 Å². The molecule has 0 aliphatic rings. The van der Waals surface area contributed by atoms with Gasteiger partial charge in [0, 0.05) is 36.2 Å². The summed E-state index contributed by atoms with van der Waals surface area (Å²) >= 11 is -1.41. The standard InChI is InChI=1S/C26H25F2N3O4S/c1-15(2)14-30-36(33)31-22-8-4-6-17(24(22)28)12-20-16(3)19-10-9-18(13-23(19)35-26(20)32)34-25-21(27)7-5-11-29-25/h4-11,13,15H,12,14H2,1-3H3,(H2,30,31,33)/p+1. The van der Waals surface area contributed by atoms with Crippen LogP contribution < -0.4 is 19.8 Å². The van der Waals surface area contributed by atoms with Crippen molar-refractivity contribution in [2.24, 2.45) is 5.92 Å². The molecule has 0 saturated heterocycles. The number of aromatic nitrogens is 1. The topological polar surface area (TPSA) is 96.6 Å². The molecule has 4 rings (SSSR count). The lowest BCUT2D eigenvalue weighted by Gasteiger charge is -2.12. The molecule has 2 aromatic carbocycles. The van der Waals surface area contributed by atoms with Crippen LogP contribution in [0.5, 0.6) is 11.6 Å². The van der Waals surface area contributed by atoms with E-state index in [4.69, 9.17) is 9.15 Å². The second kappa shape index (κ2) is 11.1. The summed E-state index contributed by atoms with van der Waals surface area (Å²) in [6.07, 6.45) is 1.41. The number of aryl methyl sites for hydroxylation is 1. The molecule has 0 amide bonds. The highest BCUT2D eigenvalue weighted by Crippen LogP contribution is 2.29. The van der Waals surface area contributed by atoms with Crippen molar-refractivity contribution in [3.8, 4) is 11.6 Å². The predicted molar refractivity (Wildman–Crippen MR) is 137 cm³/mol. The van der Waals surface area contributed by atoms with E-state index in [-0.39, 0.29) is 34.9 Å². The van der Waals surface area contributed by atoms with Crippen LogP contribution in [-0.4, -0.2) is 16.1 Å². The van der Waals surface area contributed by atoms with Crippen LogP contribution in [0.1, 0.15) is 30.5 Å². The Kier molecular flexibility index (Phi) is 7.88. The van der Waals surface area contributed by atoms with Crippen molar-refractivity contribution in [2.45, 2.75) is 27.2 Å². The zero-order chi connectivity index (χ0) is 25.8. The summed E-state index contributed by atoms with van der Waals surface area (Å²) in [5.74, 6) is -0.796. The van der Waals surface area contributed by atoms with Crippen LogP contribution >= 0.6 is 0 Å². The third-order valence-corrected chi connectivity index (χ3v) is 6.33. The average molecular weight is 515 g/mol. The average Bonchev–Trinajstić information content (AvgIpc) is 2.84. The third-order valence-electron chi connectivity index (χ3n) is 5.48. The second-order valence-corrected chi connectivity index (χ2v) is 9.69. The van der Waals surface area contributed by atoms with Crippen molar-refractivity contribution in [1.29, 1.82) is 0 Å². The highest BCUT2D eigenvalue weighted by Gasteiger charge is 2.21. The van der Waals surface area contributed by atoms with Crippen LogP contribution in [0.3, 0.4) is 0 Å². The number of benzene rings is 2. The molecule has 0 aliphatic heterocycles. The summed E-state index contributed by atoms with van der Waals surface area (Å²) in [5.41, 5.74) is 0.993. The van der Waals surface area contributed by atoms with Gasteiger partial charge in [-0.15, -0.1) is 4.55 Å². The first kappa shape index (κ1) is 25.6. The molecule has 1 atom stereocenters. The van der Waals surface area contributed by atoms with Gasteiger partial charge in [-0.1, -0.05) is 30.7 Å². The molecule has 10 heteroatoms. The van der Waals surface area contributed by atoms with Crippen LogP contribution in [0.4, 0.5) is 14.5 Å². The minimum absolute atomic E-state index is 0.00148. The highest BCUT2D eigenvalue weighted by molar-refractivity contribution is 7.90. The van der Waals surface area contributed by atoms with Gasteiger partial charge in [0.05, 0.1) is 0 Å². The molecule has 36 heavy (non-hydrogen) atoms. The van der Waals surface area contributed by atoms with E-state index < -0.39 is 28.8 Å². The fourth-order valence-corrected chi connectivity index (χ4v) is 4.50. The Balaban J connectivity index is 1.59. The molecular weight excluding hydrogens is 488 g/mol. The lowest BCUT2D eigenvalue weighted by atomic mass is 9.99. The van der Waals surface area contributed by atoms with Crippen molar-refractivity contribution in [3.63, 3.8) is 0 Å². The van der Waals surface area contributed by atoms with Crippen molar-refractivity contribution >= 4 is 28.2 Å². The van der Waals surface area contributed by atoms with Gasteiger partial charge in [0.2, 0.25) is 0 Å². The summed E-state index contributed by atoms with van der Waals surface area (Å²) in [6, 6.07) is 12.2. The molecule has 1 unspecified atom stereocenters. The molecule has 0 spiro atoms. The fourth-order valence-electron chi connectivity index (χ4n) is 3.57. The molecule has 3 N–H and O–H groups in total. The zero-order valence-corrected chi connectivity index (χ0v) is 20.8. The van der Waals surface area contributed by atoms with E-state index in [1.807, 2.05) is 13.8 Å². The van der Waals surface area contributed by atoms with Crippen LogP contribution in [0, 0.1) is 24.5 Å². The number of halogens is 2. The number of anilines is 1. The zero-order valence-electron chi connectivity index (χ0n) is 20.0. The Morgan fingerprint density at radius 2 is 1.97 bits per heavy atom. The molecule has 4 aromatic rings. The van der Waals surface area contributed by atoms with Crippen molar-refractivity contribution in [1.82, 2.24) is 9.71 Å². The normalized spacial score (nSPS) is 12.2. The van der Waals surface area contributed by atoms with E-state index in [1.54, 1.807) is 31.2 Å². The minimum atomic E-state index is -1.41. The molecule has 188 valence electrons. The Labute approximate surface area is 210 Å². The van der Waals surface area contributed by atoms with E-state index in [1.165, 1.54) is 30.5 Å².